The minimum absolute atomic E-state index is 0. The summed E-state index contributed by atoms with van der Waals surface area (Å²) in [4.78, 5) is 8.25. The normalized spacial score (nSPS) is 3.43. The van der Waals surface area contributed by atoms with Gasteiger partial charge in [-0.1, -0.05) is 0 Å². The van der Waals surface area contributed by atoms with E-state index in [0.717, 1.165) is 0 Å². The summed E-state index contributed by atoms with van der Waals surface area (Å²) in [6, 6.07) is 0. The SMILES string of the molecule is O=[N+]([O-])[O-].[KH].[Li+].[NaH]. The van der Waals surface area contributed by atoms with Gasteiger partial charge in [-0.15, -0.1) is 0 Å². The maximum atomic E-state index is 8.25. The molecule has 7 heteroatoms. The minimum atomic E-state index is -1.75. The first-order valence-corrected chi connectivity index (χ1v) is 0.548. The van der Waals surface area contributed by atoms with Gasteiger partial charge in [0.25, 0.3) is 0 Å². The van der Waals surface area contributed by atoms with Crippen molar-refractivity contribution >= 4 is 80.9 Å². The van der Waals surface area contributed by atoms with Crippen molar-refractivity contribution < 1.29 is 23.9 Å². The molecule has 0 fully saturated rings. The first kappa shape index (κ1) is 22.7. The topological polar surface area (TPSA) is 66.2 Å². The van der Waals surface area contributed by atoms with E-state index in [0.29, 0.717) is 0 Å². The molecule has 0 aromatic heterocycles. The van der Waals surface area contributed by atoms with Crippen LogP contribution in [0.2, 0.25) is 0 Å². The van der Waals surface area contributed by atoms with Crippen molar-refractivity contribution in [3.63, 3.8) is 0 Å². The summed E-state index contributed by atoms with van der Waals surface area (Å²) in [5.41, 5.74) is 0. The Kier molecular flexibility index (Phi) is 51.2. The van der Waals surface area contributed by atoms with Gasteiger partial charge >= 0.3 is 99.8 Å². The van der Waals surface area contributed by atoms with Crippen LogP contribution in [-0.2, 0) is 0 Å². The molecule has 0 amide bonds. The van der Waals surface area contributed by atoms with Crippen LogP contribution in [0, 0.1) is 15.3 Å². The van der Waals surface area contributed by atoms with E-state index < -0.39 is 5.09 Å². The summed E-state index contributed by atoms with van der Waals surface area (Å²) < 4.78 is 0. The fourth-order valence-electron chi connectivity index (χ4n) is 0. The first-order chi connectivity index (χ1) is 1.73. The third-order valence-electron chi connectivity index (χ3n) is 0. The third kappa shape index (κ3) is 58.9. The first-order valence-electron chi connectivity index (χ1n) is 0.548. The molecule has 0 aliphatic carbocycles. The van der Waals surface area contributed by atoms with E-state index >= 15 is 0 Å². The molecule has 0 radical (unpaired) electrons. The zero-order chi connectivity index (χ0) is 3.58. The molecule has 0 rings (SSSR count). The van der Waals surface area contributed by atoms with Crippen LogP contribution >= 0.6 is 0 Å². The van der Waals surface area contributed by atoms with Gasteiger partial charge in [0.1, 0.15) is 0 Å². The van der Waals surface area contributed by atoms with Crippen molar-refractivity contribution in [2.75, 3.05) is 0 Å². The van der Waals surface area contributed by atoms with Crippen molar-refractivity contribution in [1.82, 2.24) is 0 Å². The van der Waals surface area contributed by atoms with Crippen molar-refractivity contribution in [3.05, 3.63) is 15.3 Å². The van der Waals surface area contributed by atoms with Gasteiger partial charge < -0.3 is 15.3 Å². The molecular formula is H2KLiNNaO3. The molecule has 7 heavy (non-hydrogen) atoms. The molecule has 4 nitrogen and oxygen atoms in total. The number of hydrogen-bond acceptors (Lipinski definition) is 3. The van der Waals surface area contributed by atoms with Crippen LogP contribution in [0.4, 0.5) is 0 Å². The Labute approximate surface area is 117 Å². The Morgan fingerprint density at radius 3 is 1.29 bits per heavy atom. The molecule has 0 atom stereocenters. The Morgan fingerprint density at radius 2 is 1.29 bits per heavy atom. The van der Waals surface area contributed by atoms with Gasteiger partial charge in [0, 0.05) is 0 Å². The molecule has 28 valence electrons. The molecule has 0 spiro atoms. The molecule has 0 saturated carbocycles. The van der Waals surface area contributed by atoms with Crippen LogP contribution in [-0.4, -0.2) is 86.0 Å². The predicted octanol–water partition coefficient (Wildman–Crippen LogP) is -4.53. The van der Waals surface area contributed by atoms with Gasteiger partial charge in [-0.25, -0.2) is 0 Å². The monoisotopic (exact) mass is 133 g/mol. The van der Waals surface area contributed by atoms with Gasteiger partial charge in [0.2, 0.25) is 0 Å². The Morgan fingerprint density at radius 1 is 1.29 bits per heavy atom. The molecule has 0 bridgehead atoms. The molecular weight excluding hydrogens is 131 g/mol. The fourth-order valence-corrected chi connectivity index (χ4v) is 0. The predicted molar refractivity (Wildman–Crippen MR) is 24.7 cm³/mol. The van der Waals surface area contributed by atoms with E-state index in [-0.39, 0.29) is 99.8 Å². The average molecular weight is 133 g/mol. The van der Waals surface area contributed by atoms with E-state index in [2.05, 4.69) is 0 Å². The van der Waals surface area contributed by atoms with Crippen LogP contribution in [0.25, 0.3) is 0 Å². The van der Waals surface area contributed by atoms with Crippen LogP contribution < -0.4 is 18.9 Å². The van der Waals surface area contributed by atoms with E-state index in [1.165, 1.54) is 0 Å². The van der Waals surface area contributed by atoms with Crippen molar-refractivity contribution in [1.29, 1.82) is 0 Å². The molecule has 0 aliphatic heterocycles. The second-order valence-corrected chi connectivity index (χ2v) is 0.224. The Bertz CT molecular complexity index is 37.9. The molecule has 0 saturated heterocycles. The van der Waals surface area contributed by atoms with Crippen molar-refractivity contribution in [3.8, 4) is 0 Å². The van der Waals surface area contributed by atoms with Crippen LogP contribution in [0.3, 0.4) is 0 Å². The summed E-state index contributed by atoms with van der Waals surface area (Å²) in [5, 5.41) is 14.8. The number of rotatable bonds is 0. The van der Waals surface area contributed by atoms with Crippen LogP contribution in [0.15, 0.2) is 0 Å². The summed E-state index contributed by atoms with van der Waals surface area (Å²) >= 11 is 0. The van der Waals surface area contributed by atoms with Gasteiger partial charge in [-0.05, 0) is 0 Å². The van der Waals surface area contributed by atoms with Crippen molar-refractivity contribution in [2.45, 2.75) is 0 Å². The Hall–Kier alpha value is 2.43. The molecule has 0 aromatic rings. The van der Waals surface area contributed by atoms with E-state index in [1.54, 1.807) is 0 Å². The zero-order valence-corrected chi connectivity index (χ0v) is 2.67. The molecule has 0 heterocycles. The summed E-state index contributed by atoms with van der Waals surface area (Å²) in [5.74, 6) is 0. The van der Waals surface area contributed by atoms with Gasteiger partial charge in [-0.3, -0.25) is 0 Å². The van der Waals surface area contributed by atoms with Gasteiger partial charge in [0.05, 0.1) is 5.09 Å². The van der Waals surface area contributed by atoms with Crippen LogP contribution in [0.5, 0.6) is 0 Å². The van der Waals surface area contributed by atoms with E-state index in [9.17, 15) is 0 Å². The standard InChI is InChI=1S/K.Li.NO3.Na.2H/c;;2-1(3)4;;;/q;+1;-1;;;. The van der Waals surface area contributed by atoms with Gasteiger partial charge in [-0.2, -0.15) is 0 Å². The number of hydrogen-bond donors (Lipinski definition) is 0. The summed E-state index contributed by atoms with van der Waals surface area (Å²) in [7, 11) is 0. The molecule has 0 aliphatic rings. The summed E-state index contributed by atoms with van der Waals surface area (Å²) in [6.07, 6.45) is 0. The second kappa shape index (κ2) is 15.8. The average Bonchev–Trinajstić information content (AvgIpc) is 0.811. The van der Waals surface area contributed by atoms with E-state index in [1.807, 2.05) is 0 Å². The third-order valence-corrected chi connectivity index (χ3v) is 0. The Balaban J connectivity index is -0.0000000150. The maximum absolute atomic E-state index is 8.25. The molecule has 0 N–H and O–H groups in total. The molecule has 0 aromatic carbocycles. The molecule has 0 unspecified atom stereocenters. The second-order valence-electron chi connectivity index (χ2n) is 0.224. The van der Waals surface area contributed by atoms with E-state index in [4.69, 9.17) is 15.3 Å². The summed E-state index contributed by atoms with van der Waals surface area (Å²) in [6.45, 7) is 0. The quantitative estimate of drug-likeness (QED) is 0.190. The number of nitrogens with zero attached hydrogens (tertiary/aromatic N) is 1. The van der Waals surface area contributed by atoms with Crippen molar-refractivity contribution in [2.24, 2.45) is 0 Å². The van der Waals surface area contributed by atoms with Crippen LogP contribution in [0.1, 0.15) is 0 Å². The fraction of sp³-hybridized carbons (Fsp3) is 0. The zero-order valence-electron chi connectivity index (χ0n) is 2.67. The van der Waals surface area contributed by atoms with Gasteiger partial charge in [0.15, 0.2) is 0 Å².